The molecule has 1 unspecified atom stereocenters. The second-order valence-corrected chi connectivity index (χ2v) is 5.94. The van der Waals surface area contributed by atoms with Gasteiger partial charge in [0.1, 0.15) is 0 Å². The van der Waals surface area contributed by atoms with Crippen LogP contribution in [0.25, 0.3) is 0 Å². The Morgan fingerprint density at radius 1 is 0.850 bits per heavy atom. The van der Waals surface area contributed by atoms with Crippen molar-refractivity contribution < 1.29 is 0 Å². The summed E-state index contributed by atoms with van der Waals surface area (Å²) in [6.45, 7) is 0.984. The number of hydrogen-bond acceptors (Lipinski definition) is 1. The highest BCUT2D eigenvalue weighted by atomic mass is 14.8. The normalized spacial score (nSPS) is 24.5. The molecular formula is C19H19N. The first-order valence-electron chi connectivity index (χ1n) is 7.59. The van der Waals surface area contributed by atoms with Gasteiger partial charge in [-0.2, -0.15) is 0 Å². The fourth-order valence-corrected chi connectivity index (χ4v) is 3.93. The monoisotopic (exact) mass is 261 g/mol. The molecule has 2 aliphatic rings. The second kappa shape index (κ2) is 4.59. The number of hydrogen-bond donors (Lipinski definition) is 0. The molecule has 1 nitrogen and oxygen atoms in total. The lowest BCUT2D eigenvalue weighted by molar-refractivity contribution is 0.443. The average molecular weight is 261 g/mol. The molecule has 0 saturated heterocycles. The van der Waals surface area contributed by atoms with Gasteiger partial charge in [0.05, 0.1) is 5.71 Å². The Balaban J connectivity index is 1.92. The van der Waals surface area contributed by atoms with E-state index in [1.165, 1.54) is 48.1 Å². The van der Waals surface area contributed by atoms with Crippen LogP contribution in [0, 0.1) is 0 Å². The van der Waals surface area contributed by atoms with Crippen molar-refractivity contribution in [2.24, 2.45) is 4.99 Å². The summed E-state index contributed by atoms with van der Waals surface area (Å²) in [5.74, 6) is 0. The van der Waals surface area contributed by atoms with E-state index < -0.39 is 0 Å². The molecule has 0 radical (unpaired) electrons. The van der Waals surface area contributed by atoms with Crippen molar-refractivity contribution >= 4 is 5.71 Å². The molecule has 2 aromatic rings. The SMILES string of the molecule is c1ccc(C23CCCN=C2c2ccccc2CC3)cc1. The van der Waals surface area contributed by atoms with E-state index in [4.69, 9.17) is 4.99 Å². The third-order valence-corrected chi connectivity index (χ3v) is 4.90. The topological polar surface area (TPSA) is 12.4 Å². The summed E-state index contributed by atoms with van der Waals surface area (Å²) >= 11 is 0. The van der Waals surface area contributed by atoms with Crippen molar-refractivity contribution in [3.8, 4) is 0 Å². The van der Waals surface area contributed by atoms with Crippen LogP contribution in [-0.4, -0.2) is 12.3 Å². The van der Waals surface area contributed by atoms with Crippen LogP contribution in [-0.2, 0) is 11.8 Å². The van der Waals surface area contributed by atoms with E-state index in [9.17, 15) is 0 Å². The van der Waals surface area contributed by atoms with Gasteiger partial charge in [0.15, 0.2) is 0 Å². The Morgan fingerprint density at radius 3 is 2.55 bits per heavy atom. The summed E-state index contributed by atoms with van der Waals surface area (Å²) < 4.78 is 0. The van der Waals surface area contributed by atoms with Gasteiger partial charge in [0.25, 0.3) is 0 Å². The van der Waals surface area contributed by atoms with E-state index in [-0.39, 0.29) is 5.41 Å². The van der Waals surface area contributed by atoms with Gasteiger partial charge in [-0.05, 0) is 42.4 Å². The summed E-state index contributed by atoms with van der Waals surface area (Å²) in [5, 5.41) is 0. The third-order valence-electron chi connectivity index (χ3n) is 4.90. The van der Waals surface area contributed by atoms with Crippen LogP contribution in [0.15, 0.2) is 59.6 Å². The van der Waals surface area contributed by atoms with Gasteiger partial charge < -0.3 is 0 Å². The molecular weight excluding hydrogens is 242 g/mol. The van der Waals surface area contributed by atoms with Gasteiger partial charge >= 0.3 is 0 Å². The van der Waals surface area contributed by atoms with Crippen molar-refractivity contribution in [1.82, 2.24) is 0 Å². The molecule has 0 spiro atoms. The lowest BCUT2D eigenvalue weighted by Gasteiger charge is -2.42. The van der Waals surface area contributed by atoms with Crippen molar-refractivity contribution in [2.75, 3.05) is 6.54 Å². The maximum absolute atomic E-state index is 4.96. The van der Waals surface area contributed by atoms with E-state index in [2.05, 4.69) is 54.6 Å². The summed E-state index contributed by atoms with van der Waals surface area (Å²) in [4.78, 5) is 4.96. The van der Waals surface area contributed by atoms with E-state index in [1.807, 2.05) is 0 Å². The molecule has 2 aromatic carbocycles. The first-order valence-corrected chi connectivity index (χ1v) is 7.59. The molecule has 1 heteroatoms. The van der Waals surface area contributed by atoms with Crippen LogP contribution in [0.1, 0.15) is 36.0 Å². The zero-order chi connectivity index (χ0) is 13.4. The lowest BCUT2D eigenvalue weighted by atomic mass is 9.63. The molecule has 0 saturated carbocycles. The van der Waals surface area contributed by atoms with E-state index >= 15 is 0 Å². The maximum Gasteiger partial charge on any atom is 0.0529 e. The van der Waals surface area contributed by atoms with Crippen LogP contribution in [0.5, 0.6) is 0 Å². The van der Waals surface area contributed by atoms with Crippen LogP contribution < -0.4 is 0 Å². The second-order valence-electron chi connectivity index (χ2n) is 5.94. The molecule has 100 valence electrons. The molecule has 1 heterocycles. The Hall–Kier alpha value is -1.89. The van der Waals surface area contributed by atoms with Crippen molar-refractivity contribution in [3.63, 3.8) is 0 Å². The minimum atomic E-state index is 0.161. The molecule has 1 atom stereocenters. The first-order chi connectivity index (χ1) is 9.90. The smallest absolute Gasteiger partial charge is 0.0529 e. The Bertz CT molecular complexity index is 656. The number of fused-ring (bicyclic) bond motifs is 3. The average Bonchev–Trinajstić information content (AvgIpc) is 2.55. The molecule has 1 aliphatic carbocycles. The third kappa shape index (κ3) is 1.66. The van der Waals surface area contributed by atoms with Crippen LogP contribution in [0.4, 0.5) is 0 Å². The van der Waals surface area contributed by atoms with Crippen LogP contribution in [0.2, 0.25) is 0 Å². The molecule has 0 aromatic heterocycles. The zero-order valence-corrected chi connectivity index (χ0v) is 11.7. The number of rotatable bonds is 1. The molecule has 0 fully saturated rings. The fourth-order valence-electron chi connectivity index (χ4n) is 3.93. The Morgan fingerprint density at radius 2 is 1.65 bits per heavy atom. The standard InChI is InChI=1S/C19H19N/c1-2-8-16(9-3-1)19-12-6-14-20-18(19)17-10-5-4-7-15(17)11-13-19/h1-5,7-10H,6,11-14H2. The first kappa shape index (κ1) is 11.9. The van der Waals surface area contributed by atoms with Crippen molar-refractivity contribution in [3.05, 3.63) is 71.3 Å². The zero-order valence-electron chi connectivity index (χ0n) is 11.7. The molecule has 20 heavy (non-hydrogen) atoms. The van der Waals surface area contributed by atoms with E-state index in [0.717, 1.165) is 6.54 Å². The predicted octanol–water partition coefficient (Wildman–Crippen LogP) is 4.15. The Labute approximate surface area is 120 Å². The molecule has 4 rings (SSSR count). The number of aliphatic imine (C=N–C) groups is 1. The van der Waals surface area contributed by atoms with Gasteiger partial charge in [-0.3, -0.25) is 4.99 Å². The summed E-state index contributed by atoms with van der Waals surface area (Å²) in [5.41, 5.74) is 5.82. The van der Waals surface area contributed by atoms with E-state index in [1.54, 1.807) is 0 Å². The molecule has 0 N–H and O–H groups in total. The largest absolute Gasteiger partial charge is 0.288 e. The van der Waals surface area contributed by atoms with Crippen molar-refractivity contribution in [2.45, 2.75) is 31.1 Å². The van der Waals surface area contributed by atoms with Gasteiger partial charge in [-0.25, -0.2) is 0 Å². The Kier molecular flexibility index (Phi) is 2.73. The summed E-state index contributed by atoms with van der Waals surface area (Å²) in [7, 11) is 0. The number of nitrogens with zero attached hydrogens (tertiary/aromatic N) is 1. The quantitative estimate of drug-likeness (QED) is 0.731. The number of benzene rings is 2. The molecule has 1 aliphatic heterocycles. The molecule has 0 bridgehead atoms. The van der Waals surface area contributed by atoms with Crippen LogP contribution in [0.3, 0.4) is 0 Å². The van der Waals surface area contributed by atoms with E-state index in [0.29, 0.717) is 0 Å². The summed E-state index contributed by atoms with van der Waals surface area (Å²) in [6.07, 6.45) is 4.82. The minimum Gasteiger partial charge on any atom is -0.288 e. The predicted molar refractivity (Wildman–Crippen MR) is 83.5 cm³/mol. The summed E-state index contributed by atoms with van der Waals surface area (Å²) in [6, 6.07) is 19.8. The van der Waals surface area contributed by atoms with Gasteiger partial charge in [0.2, 0.25) is 0 Å². The van der Waals surface area contributed by atoms with Crippen molar-refractivity contribution in [1.29, 1.82) is 0 Å². The number of aryl methyl sites for hydroxylation is 1. The lowest BCUT2D eigenvalue weighted by Crippen LogP contribution is -2.43. The highest BCUT2D eigenvalue weighted by Crippen LogP contribution is 2.44. The van der Waals surface area contributed by atoms with Crippen LogP contribution >= 0.6 is 0 Å². The fraction of sp³-hybridized carbons (Fsp3) is 0.316. The molecule has 0 amide bonds. The van der Waals surface area contributed by atoms with Gasteiger partial charge in [-0.1, -0.05) is 54.6 Å². The highest BCUT2D eigenvalue weighted by molar-refractivity contribution is 6.10. The minimum absolute atomic E-state index is 0.161. The van der Waals surface area contributed by atoms with Gasteiger partial charge in [-0.15, -0.1) is 0 Å². The van der Waals surface area contributed by atoms with Gasteiger partial charge in [0, 0.05) is 12.0 Å². The highest BCUT2D eigenvalue weighted by Gasteiger charge is 2.42. The maximum atomic E-state index is 4.96.